The molecule has 0 aliphatic carbocycles. The minimum Gasteiger partial charge on any atom is -0.368 e. The van der Waals surface area contributed by atoms with Crippen LogP contribution in [0.1, 0.15) is 5.56 Å². The first-order chi connectivity index (χ1) is 9.27. The Hall–Kier alpha value is -1.54. The number of benzene rings is 1. The lowest BCUT2D eigenvalue weighted by molar-refractivity contribution is -0.137. The average Bonchev–Trinajstić information content (AvgIpc) is 2.35. The van der Waals surface area contributed by atoms with Crippen molar-refractivity contribution in [3.05, 3.63) is 39.5 Å². The second-order valence-electron chi connectivity index (χ2n) is 3.74. The van der Waals surface area contributed by atoms with E-state index in [1.807, 2.05) is 0 Å². The third kappa shape index (κ3) is 3.31. The highest BCUT2D eigenvalue weighted by Gasteiger charge is 2.31. The highest BCUT2D eigenvalue weighted by atomic mass is 79.9. The van der Waals surface area contributed by atoms with Gasteiger partial charge in [-0.2, -0.15) is 18.2 Å². The second kappa shape index (κ2) is 5.45. The van der Waals surface area contributed by atoms with Gasteiger partial charge in [-0.15, -0.1) is 0 Å². The number of nitrogens with two attached hydrogens (primary N) is 1. The molecule has 0 aliphatic rings. The number of nitrogen functional groups attached to an aromatic ring is 1. The largest absolute Gasteiger partial charge is 0.416 e. The fraction of sp³-hybridized carbons (Fsp3) is 0.0909. The predicted molar refractivity (Wildman–Crippen MR) is 73.9 cm³/mol. The molecule has 0 radical (unpaired) electrons. The molecule has 0 fully saturated rings. The number of anilines is 3. The lowest BCUT2D eigenvalue weighted by Crippen LogP contribution is -2.06. The molecule has 106 valence electrons. The summed E-state index contributed by atoms with van der Waals surface area (Å²) in [6.07, 6.45) is -3.07. The third-order valence-corrected chi connectivity index (χ3v) is 3.22. The van der Waals surface area contributed by atoms with Crippen molar-refractivity contribution in [2.45, 2.75) is 6.18 Å². The Kier molecular flexibility index (Phi) is 4.05. The third-order valence-electron chi connectivity index (χ3n) is 2.31. The van der Waals surface area contributed by atoms with E-state index in [4.69, 9.17) is 17.3 Å². The first-order valence-electron chi connectivity index (χ1n) is 5.19. The molecule has 9 heteroatoms. The zero-order valence-corrected chi connectivity index (χ0v) is 12.0. The first-order valence-corrected chi connectivity index (χ1v) is 6.36. The molecule has 0 aliphatic heterocycles. The summed E-state index contributed by atoms with van der Waals surface area (Å²) in [6.45, 7) is 0. The molecular weight excluding hydrogens is 361 g/mol. The number of nitrogens with one attached hydrogen (secondary N) is 1. The summed E-state index contributed by atoms with van der Waals surface area (Å²) in [6, 6.07) is 2.95. The molecular formula is C11H7BrClF3N4. The van der Waals surface area contributed by atoms with Gasteiger partial charge in [0.15, 0.2) is 0 Å². The molecule has 0 bridgehead atoms. The minimum absolute atomic E-state index is 0.0150. The molecule has 4 nitrogen and oxygen atoms in total. The summed E-state index contributed by atoms with van der Waals surface area (Å²) in [5, 5.41) is 2.81. The van der Waals surface area contributed by atoms with Crippen molar-refractivity contribution in [2.75, 3.05) is 11.1 Å². The maximum absolute atomic E-state index is 12.7. The van der Waals surface area contributed by atoms with Gasteiger partial charge in [0.05, 0.1) is 20.7 Å². The highest BCUT2D eigenvalue weighted by molar-refractivity contribution is 9.10. The van der Waals surface area contributed by atoms with Gasteiger partial charge in [-0.25, -0.2) is 4.98 Å². The van der Waals surface area contributed by atoms with E-state index in [0.717, 1.165) is 18.2 Å². The van der Waals surface area contributed by atoms with E-state index in [1.165, 1.54) is 6.20 Å². The van der Waals surface area contributed by atoms with E-state index in [2.05, 4.69) is 31.2 Å². The number of halogens is 5. The van der Waals surface area contributed by atoms with Gasteiger partial charge < -0.3 is 11.1 Å². The maximum Gasteiger partial charge on any atom is 0.416 e. The summed E-state index contributed by atoms with van der Waals surface area (Å²) < 4.78 is 38.4. The summed E-state index contributed by atoms with van der Waals surface area (Å²) >= 11 is 9.03. The lowest BCUT2D eigenvalue weighted by Gasteiger charge is -2.12. The summed E-state index contributed by atoms with van der Waals surface area (Å²) in [4.78, 5) is 7.60. The van der Waals surface area contributed by atoms with E-state index < -0.39 is 11.7 Å². The Morgan fingerprint density at radius 3 is 2.65 bits per heavy atom. The molecule has 0 amide bonds. The van der Waals surface area contributed by atoms with Gasteiger partial charge >= 0.3 is 6.18 Å². The molecule has 1 aromatic carbocycles. The summed E-state index contributed by atoms with van der Waals surface area (Å²) in [5.74, 6) is 0.206. The van der Waals surface area contributed by atoms with Crippen LogP contribution < -0.4 is 11.1 Å². The normalized spacial score (nSPS) is 11.4. The molecule has 0 unspecified atom stereocenters. The number of hydrogen-bond acceptors (Lipinski definition) is 4. The minimum atomic E-state index is -4.46. The Balaban J connectivity index is 2.40. The highest BCUT2D eigenvalue weighted by Crippen LogP contribution is 2.35. The average molecular weight is 368 g/mol. The monoisotopic (exact) mass is 366 g/mol. The molecule has 20 heavy (non-hydrogen) atoms. The molecule has 1 heterocycles. The Labute approximate surface area is 125 Å². The van der Waals surface area contributed by atoms with Crippen molar-refractivity contribution < 1.29 is 13.2 Å². The van der Waals surface area contributed by atoms with Gasteiger partial charge in [-0.3, -0.25) is 0 Å². The molecule has 0 atom stereocenters. The van der Waals surface area contributed by atoms with Crippen molar-refractivity contribution in [3.63, 3.8) is 0 Å². The van der Waals surface area contributed by atoms with Gasteiger partial charge in [0.2, 0.25) is 5.95 Å². The molecule has 1 aromatic heterocycles. The van der Waals surface area contributed by atoms with Crippen LogP contribution in [0.15, 0.2) is 28.9 Å². The van der Waals surface area contributed by atoms with Crippen LogP contribution in [0.2, 0.25) is 5.02 Å². The molecule has 3 N–H and O–H groups in total. The second-order valence-corrected chi connectivity index (χ2v) is 5.00. The van der Waals surface area contributed by atoms with Gasteiger partial charge in [0, 0.05) is 6.20 Å². The Morgan fingerprint density at radius 1 is 1.30 bits per heavy atom. The summed E-state index contributed by atoms with van der Waals surface area (Å²) in [7, 11) is 0. The van der Waals surface area contributed by atoms with Crippen LogP contribution in [0.25, 0.3) is 0 Å². The van der Waals surface area contributed by atoms with Gasteiger partial charge in [0.25, 0.3) is 0 Å². The standard InChI is InChI=1S/C11H7BrClF3N4/c12-6-4-18-10(17)20-9(6)19-8-3-5(11(14,15)16)1-2-7(8)13/h1-4H,(H3,17,18,19,20). The SMILES string of the molecule is Nc1ncc(Br)c(Nc2cc(C(F)(F)F)ccc2Cl)n1. The topological polar surface area (TPSA) is 63.8 Å². The molecule has 2 rings (SSSR count). The van der Waals surface area contributed by atoms with Crippen LogP contribution >= 0.6 is 27.5 Å². The Bertz CT molecular complexity index is 648. The van der Waals surface area contributed by atoms with Crippen molar-refractivity contribution in [3.8, 4) is 0 Å². The lowest BCUT2D eigenvalue weighted by atomic mass is 10.2. The van der Waals surface area contributed by atoms with Crippen molar-refractivity contribution in [2.24, 2.45) is 0 Å². The van der Waals surface area contributed by atoms with Gasteiger partial charge in [-0.1, -0.05) is 11.6 Å². The van der Waals surface area contributed by atoms with E-state index >= 15 is 0 Å². The number of aromatic nitrogens is 2. The van der Waals surface area contributed by atoms with Crippen LogP contribution in [0.5, 0.6) is 0 Å². The number of hydrogen-bond donors (Lipinski definition) is 2. The predicted octanol–water partition coefficient (Wildman–Crippen LogP) is 4.24. The number of nitrogens with zero attached hydrogens (tertiary/aromatic N) is 2. The zero-order valence-electron chi connectivity index (χ0n) is 9.67. The smallest absolute Gasteiger partial charge is 0.368 e. The molecule has 0 spiro atoms. The first kappa shape index (κ1) is 14.9. The van der Waals surface area contributed by atoms with Crippen LogP contribution in [-0.2, 0) is 6.18 Å². The zero-order chi connectivity index (χ0) is 14.9. The summed E-state index contributed by atoms with van der Waals surface area (Å²) in [5.41, 5.74) is 4.67. The van der Waals surface area contributed by atoms with Crippen molar-refractivity contribution in [1.82, 2.24) is 9.97 Å². The maximum atomic E-state index is 12.7. The van der Waals surface area contributed by atoms with Crippen LogP contribution in [0, 0.1) is 0 Å². The van der Waals surface area contributed by atoms with Crippen molar-refractivity contribution in [1.29, 1.82) is 0 Å². The molecule has 2 aromatic rings. The molecule has 0 saturated carbocycles. The quantitative estimate of drug-likeness (QED) is 0.833. The van der Waals surface area contributed by atoms with E-state index in [0.29, 0.717) is 4.47 Å². The van der Waals surface area contributed by atoms with Gasteiger partial charge in [0.1, 0.15) is 5.82 Å². The van der Waals surface area contributed by atoms with Crippen LogP contribution in [0.4, 0.5) is 30.6 Å². The fourth-order valence-corrected chi connectivity index (χ4v) is 1.85. The van der Waals surface area contributed by atoms with Crippen LogP contribution in [-0.4, -0.2) is 9.97 Å². The number of alkyl halides is 3. The van der Waals surface area contributed by atoms with Crippen LogP contribution in [0.3, 0.4) is 0 Å². The van der Waals surface area contributed by atoms with Crippen molar-refractivity contribution >= 4 is 45.0 Å². The fourth-order valence-electron chi connectivity index (χ4n) is 1.39. The number of rotatable bonds is 2. The Morgan fingerprint density at radius 2 is 2.00 bits per heavy atom. The van der Waals surface area contributed by atoms with E-state index in [9.17, 15) is 13.2 Å². The van der Waals surface area contributed by atoms with E-state index in [1.54, 1.807) is 0 Å². The van der Waals surface area contributed by atoms with Gasteiger partial charge in [-0.05, 0) is 34.1 Å². The molecule has 0 saturated heterocycles. The van der Waals surface area contributed by atoms with E-state index in [-0.39, 0.29) is 22.5 Å².